The van der Waals surface area contributed by atoms with Crippen molar-refractivity contribution in [1.82, 2.24) is 0 Å². The van der Waals surface area contributed by atoms with Gasteiger partial charge < -0.3 is 19.9 Å². The van der Waals surface area contributed by atoms with Crippen LogP contribution in [0.4, 0.5) is 45.5 Å². The van der Waals surface area contributed by atoms with E-state index in [1.807, 2.05) is 30.3 Å². The third-order valence-corrected chi connectivity index (χ3v) is 10.1. The molecule has 6 aromatic carbocycles. The van der Waals surface area contributed by atoms with Crippen molar-refractivity contribution >= 4 is 76.5 Å². The number of aromatic hydroxyl groups is 1. The quantitative estimate of drug-likeness (QED) is 0.0675. The van der Waals surface area contributed by atoms with Crippen LogP contribution < -0.4 is 14.8 Å². The van der Waals surface area contributed by atoms with Gasteiger partial charge in [-0.1, -0.05) is 18.2 Å². The van der Waals surface area contributed by atoms with E-state index in [2.05, 4.69) is 36.0 Å². The number of nitrogens with one attached hydrogen (secondary N) is 1. The molecule has 4 N–H and O–H groups in total. The fourth-order valence-electron chi connectivity index (χ4n) is 5.44. The van der Waals surface area contributed by atoms with Gasteiger partial charge >= 0.3 is 0 Å². The predicted molar refractivity (Wildman–Crippen MR) is 209 cm³/mol. The average Bonchev–Trinajstić information content (AvgIpc) is 3.16. The number of phenols is 1. The van der Waals surface area contributed by atoms with Gasteiger partial charge in [-0.05, 0) is 103 Å². The van der Waals surface area contributed by atoms with Crippen LogP contribution in [0.5, 0.6) is 17.2 Å². The Kier molecular flexibility index (Phi) is 11.2. The van der Waals surface area contributed by atoms with Crippen LogP contribution in [0.15, 0.2) is 144 Å². The molecule has 0 radical (unpaired) electrons. The third kappa shape index (κ3) is 8.85. The van der Waals surface area contributed by atoms with E-state index in [1.54, 1.807) is 56.3 Å². The van der Waals surface area contributed by atoms with Gasteiger partial charge in [-0.3, -0.25) is 9.11 Å². The Morgan fingerprint density at radius 3 is 1.68 bits per heavy atom. The van der Waals surface area contributed by atoms with Crippen LogP contribution in [0.2, 0.25) is 0 Å². The number of rotatable bonds is 12. The molecular weight excluding hydrogens is 763 g/mol. The van der Waals surface area contributed by atoms with Crippen LogP contribution in [-0.2, 0) is 20.2 Å². The zero-order valence-electron chi connectivity index (χ0n) is 30.1. The summed E-state index contributed by atoms with van der Waals surface area (Å²) in [6.07, 6.45) is 0. The van der Waals surface area contributed by atoms with E-state index in [0.29, 0.717) is 50.7 Å². The molecule has 0 aromatic heterocycles. The Labute approximate surface area is 321 Å². The largest absolute Gasteiger partial charge is 0.505 e. The van der Waals surface area contributed by atoms with Gasteiger partial charge in [-0.15, -0.1) is 15.3 Å². The first kappa shape index (κ1) is 39.1. The molecule has 56 heavy (non-hydrogen) atoms. The van der Waals surface area contributed by atoms with Crippen LogP contribution in [0, 0.1) is 13.8 Å². The summed E-state index contributed by atoms with van der Waals surface area (Å²) < 4.78 is 77.9. The molecule has 0 saturated heterocycles. The van der Waals surface area contributed by atoms with Crippen molar-refractivity contribution in [2.75, 3.05) is 19.5 Å². The smallest absolute Gasteiger partial charge is 0.296 e. The minimum Gasteiger partial charge on any atom is -0.505 e. The van der Waals surface area contributed by atoms with Crippen molar-refractivity contribution in [3.63, 3.8) is 0 Å². The Balaban J connectivity index is 1.27. The first-order chi connectivity index (χ1) is 26.6. The second kappa shape index (κ2) is 16.0. The van der Waals surface area contributed by atoms with Crippen molar-refractivity contribution in [3.8, 4) is 17.2 Å². The third-order valence-electron chi connectivity index (χ3n) is 8.32. The molecule has 0 fully saturated rings. The van der Waals surface area contributed by atoms with Gasteiger partial charge in [0, 0.05) is 28.9 Å². The number of azo groups is 3. The van der Waals surface area contributed by atoms with E-state index < -0.39 is 36.6 Å². The molecule has 16 nitrogen and oxygen atoms in total. The highest BCUT2D eigenvalue weighted by molar-refractivity contribution is 7.86. The van der Waals surface area contributed by atoms with Crippen molar-refractivity contribution in [3.05, 3.63) is 114 Å². The average molecular weight is 796 g/mol. The summed E-state index contributed by atoms with van der Waals surface area (Å²) in [4.78, 5) is -0.909. The standard InChI is InChI=1S/C38H33N7O9S2/c1-22-16-32(34(53-3)20-30(22)41-40-26-10-13-28(14-11-26)55(47,48)49)43-42-31-21-35(54-4)33(17-23(31)2)44-45-37-36(56(50,51)52)19-24-18-27(12-15-29(24)38(37)46)39-25-8-6-5-7-9-25/h5-21,39,46H,1-4H3,(H,47,48,49)(H,50,51,52)/b41-40+,43-42+,45-44+. The lowest BCUT2D eigenvalue weighted by atomic mass is 10.1. The number of nitrogens with zero attached hydrogens (tertiary/aromatic N) is 6. The Morgan fingerprint density at radius 1 is 0.571 bits per heavy atom. The van der Waals surface area contributed by atoms with Gasteiger partial charge in [-0.2, -0.15) is 32.2 Å². The maximum absolute atomic E-state index is 12.5. The fourth-order valence-corrected chi connectivity index (χ4v) is 6.58. The van der Waals surface area contributed by atoms with E-state index in [9.17, 15) is 31.0 Å². The monoisotopic (exact) mass is 795 g/mol. The summed E-state index contributed by atoms with van der Waals surface area (Å²) in [6.45, 7) is 3.52. The summed E-state index contributed by atoms with van der Waals surface area (Å²) >= 11 is 0. The van der Waals surface area contributed by atoms with E-state index in [1.165, 1.54) is 44.6 Å². The Morgan fingerprint density at radius 2 is 1.12 bits per heavy atom. The van der Waals surface area contributed by atoms with Crippen molar-refractivity contribution in [2.24, 2.45) is 30.7 Å². The first-order valence-electron chi connectivity index (χ1n) is 16.4. The predicted octanol–water partition coefficient (Wildman–Crippen LogP) is 10.7. The van der Waals surface area contributed by atoms with Gasteiger partial charge in [0.05, 0.1) is 36.2 Å². The van der Waals surface area contributed by atoms with Crippen LogP contribution in [0.3, 0.4) is 0 Å². The lowest BCUT2D eigenvalue weighted by Crippen LogP contribution is -1.99. The second-order valence-electron chi connectivity index (χ2n) is 12.2. The van der Waals surface area contributed by atoms with Gasteiger partial charge in [0.25, 0.3) is 20.2 Å². The number of hydrogen-bond donors (Lipinski definition) is 4. The Bertz CT molecular complexity index is 2780. The van der Waals surface area contributed by atoms with Gasteiger partial charge in [-0.25, -0.2) is 0 Å². The summed E-state index contributed by atoms with van der Waals surface area (Å²) in [5.74, 6) is 0.0259. The molecule has 18 heteroatoms. The molecular formula is C38H33N7O9S2. The van der Waals surface area contributed by atoms with Gasteiger partial charge in [0.2, 0.25) is 0 Å². The number of benzene rings is 6. The van der Waals surface area contributed by atoms with E-state index in [0.717, 1.165) is 5.69 Å². The molecule has 0 spiro atoms. The lowest BCUT2D eigenvalue weighted by Gasteiger charge is -2.12. The molecule has 0 aliphatic heterocycles. The highest BCUT2D eigenvalue weighted by Gasteiger charge is 2.23. The van der Waals surface area contributed by atoms with Crippen molar-refractivity contribution in [2.45, 2.75) is 23.6 Å². The van der Waals surface area contributed by atoms with Crippen LogP contribution in [0.25, 0.3) is 10.8 Å². The molecule has 286 valence electrons. The minimum absolute atomic E-state index is 0.169. The number of hydrogen-bond acceptors (Lipinski definition) is 14. The van der Waals surface area contributed by atoms with E-state index in [-0.39, 0.29) is 21.7 Å². The summed E-state index contributed by atoms with van der Waals surface area (Å²) in [5, 5.41) is 40.4. The minimum atomic E-state index is -4.86. The summed E-state index contributed by atoms with van der Waals surface area (Å²) in [7, 11) is -6.35. The zero-order chi connectivity index (χ0) is 40.2. The molecule has 0 aliphatic carbocycles. The van der Waals surface area contributed by atoms with Crippen LogP contribution >= 0.6 is 0 Å². The van der Waals surface area contributed by atoms with Gasteiger partial charge in [0.15, 0.2) is 5.75 Å². The van der Waals surface area contributed by atoms with Crippen LogP contribution in [-0.4, -0.2) is 45.3 Å². The number of fused-ring (bicyclic) bond motifs is 1. The number of phenolic OH excluding ortho intramolecular Hbond substituents is 1. The molecule has 6 rings (SSSR count). The fraction of sp³-hybridized carbons (Fsp3) is 0.105. The van der Waals surface area contributed by atoms with Crippen LogP contribution in [0.1, 0.15) is 11.1 Å². The summed E-state index contributed by atoms with van der Waals surface area (Å²) in [6, 6.07) is 27.1. The number of para-hydroxylation sites is 1. The number of ether oxygens (including phenoxy) is 2. The molecule has 0 aliphatic rings. The highest BCUT2D eigenvalue weighted by Crippen LogP contribution is 2.44. The Hall–Kier alpha value is -6.60. The highest BCUT2D eigenvalue weighted by atomic mass is 32.2. The maximum Gasteiger partial charge on any atom is 0.296 e. The number of aryl methyl sites for hydroxylation is 2. The molecule has 0 unspecified atom stereocenters. The maximum atomic E-state index is 12.5. The molecule has 0 bridgehead atoms. The van der Waals surface area contributed by atoms with E-state index in [4.69, 9.17) is 9.47 Å². The molecule has 0 amide bonds. The second-order valence-corrected chi connectivity index (χ2v) is 15.0. The number of methoxy groups -OCH3 is 2. The lowest BCUT2D eigenvalue weighted by molar-refractivity contribution is 0.415. The molecule has 0 saturated carbocycles. The van der Waals surface area contributed by atoms with Gasteiger partial charge in [0.1, 0.15) is 33.5 Å². The molecule has 0 atom stereocenters. The zero-order valence-corrected chi connectivity index (χ0v) is 31.7. The van der Waals surface area contributed by atoms with E-state index >= 15 is 0 Å². The van der Waals surface area contributed by atoms with Crippen molar-refractivity contribution < 1.29 is 40.5 Å². The SMILES string of the molecule is COc1cc(/N=N/c2ccc(S(=O)(=O)O)cc2)c(C)cc1/N=N/c1cc(OC)c(/N=N/c2c(S(=O)(=O)O)cc3cc(Nc4ccccc4)ccc3c2O)cc1C. The summed E-state index contributed by atoms with van der Waals surface area (Å²) in [5.41, 5.74) is 3.95. The normalized spacial score (nSPS) is 12.2. The molecule has 0 heterocycles. The van der Waals surface area contributed by atoms with Crippen molar-refractivity contribution in [1.29, 1.82) is 0 Å². The topological polar surface area (TPSA) is 234 Å². The molecule has 6 aromatic rings. The first-order valence-corrected chi connectivity index (χ1v) is 19.3. The number of anilines is 2.